The van der Waals surface area contributed by atoms with Crippen LogP contribution < -0.4 is 0 Å². The number of aliphatic carboxylic acids is 1. The minimum absolute atomic E-state index is 0.306. The molecular weight excluding hydrogens is 148 g/mol. The Morgan fingerprint density at radius 3 is 1.55 bits per heavy atom. The molecule has 0 rings (SSSR count). The lowest BCUT2D eigenvalue weighted by atomic mass is 10.2. The van der Waals surface area contributed by atoms with Crippen molar-refractivity contribution in [2.75, 3.05) is 6.61 Å². The topological polar surface area (TPSA) is 74.6 Å². The van der Waals surface area contributed by atoms with Gasteiger partial charge in [-0.05, 0) is 5.92 Å². The minimum Gasteiger partial charge on any atom is -0.476 e. The first-order valence-electron chi connectivity index (χ1n) is 3.26. The van der Waals surface area contributed by atoms with Crippen LogP contribution in [-0.2, 0) is 9.59 Å². The fraction of sp³-hybridized carbons (Fsp3) is 0.714. The Hall–Kier alpha value is -0.900. The van der Waals surface area contributed by atoms with Gasteiger partial charge in [-0.2, -0.15) is 0 Å². The van der Waals surface area contributed by atoms with E-state index in [1.807, 2.05) is 13.8 Å². The number of carbonyl (C=O) groups is 2. The largest absolute Gasteiger partial charge is 0.476 e. The Labute approximate surface area is 65.8 Å². The molecule has 0 aromatic rings. The van der Waals surface area contributed by atoms with Gasteiger partial charge in [0.2, 0.25) is 5.78 Å². The van der Waals surface area contributed by atoms with Crippen LogP contribution in [0.5, 0.6) is 0 Å². The summed E-state index contributed by atoms with van der Waals surface area (Å²) in [4.78, 5) is 18.9. The zero-order valence-electron chi connectivity index (χ0n) is 7.00. The van der Waals surface area contributed by atoms with Crippen molar-refractivity contribution in [1.29, 1.82) is 0 Å². The smallest absolute Gasteiger partial charge is 0.371 e. The molecule has 0 saturated heterocycles. The van der Waals surface area contributed by atoms with Crippen molar-refractivity contribution in [2.45, 2.75) is 20.8 Å². The van der Waals surface area contributed by atoms with E-state index in [0.29, 0.717) is 12.5 Å². The van der Waals surface area contributed by atoms with E-state index in [4.69, 9.17) is 10.2 Å². The van der Waals surface area contributed by atoms with E-state index in [1.165, 1.54) is 0 Å². The molecule has 0 aliphatic rings. The van der Waals surface area contributed by atoms with Gasteiger partial charge in [0.1, 0.15) is 0 Å². The maximum Gasteiger partial charge on any atom is 0.371 e. The van der Waals surface area contributed by atoms with E-state index < -0.39 is 11.8 Å². The van der Waals surface area contributed by atoms with Gasteiger partial charge in [0, 0.05) is 13.5 Å². The van der Waals surface area contributed by atoms with Gasteiger partial charge >= 0.3 is 5.97 Å². The van der Waals surface area contributed by atoms with E-state index in [-0.39, 0.29) is 0 Å². The first-order chi connectivity index (χ1) is 4.91. The van der Waals surface area contributed by atoms with Crippen molar-refractivity contribution in [1.82, 2.24) is 0 Å². The van der Waals surface area contributed by atoms with Gasteiger partial charge in [-0.25, -0.2) is 4.79 Å². The van der Waals surface area contributed by atoms with E-state index in [2.05, 4.69) is 0 Å². The number of aliphatic hydroxyl groups is 1. The Kier molecular flexibility index (Phi) is 8.36. The first-order valence-corrected chi connectivity index (χ1v) is 3.26. The molecule has 4 heteroatoms. The minimum atomic E-state index is -1.38. The molecule has 11 heavy (non-hydrogen) atoms. The third-order valence-electron chi connectivity index (χ3n) is 0.666. The number of rotatable bonds is 2. The second-order valence-corrected chi connectivity index (χ2v) is 2.44. The second-order valence-electron chi connectivity index (χ2n) is 2.44. The first kappa shape index (κ1) is 12.7. The summed E-state index contributed by atoms with van der Waals surface area (Å²) in [5.74, 6) is -1.76. The quantitative estimate of drug-likeness (QED) is 0.572. The van der Waals surface area contributed by atoms with Crippen LogP contribution in [0.25, 0.3) is 0 Å². The standard InChI is InChI=1S/C4H10O.C3H4O3/c1-4(2)3-5;1-2(4)3(5)6/h4-5H,3H2,1-2H3;1H3,(H,5,6). The molecule has 0 radical (unpaired) electrons. The lowest BCUT2D eigenvalue weighted by Gasteiger charge is -1.90. The average molecular weight is 162 g/mol. The normalized spacial score (nSPS) is 8.45. The van der Waals surface area contributed by atoms with Crippen LogP contribution in [0.2, 0.25) is 0 Å². The number of carboxylic acid groups (broad SMARTS) is 1. The summed E-state index contributed by atoms with van der Waals surface area (Å²) in [6.45, 7) is 5.25. The third-order valence-corrected chi connectivity index (χ3v) is 0.666. The molecule has 0 fully saturated rings. The average Bonchev–Trinajstić information content (AvgIpc) is 1.89. The molecule has 0 heterocycles. The zero-order valence-corrected chi connectivity index (χ0v) is 7.00. The molecule has 66 valence electrons. The lowest BCUT2D eigenvalue weighted by molar-refractivity contribution is -0.148. The van der Waals surface area contributed by atoms with Crippen LogP contribution >= 0.6 is 0 Å². The van der Waals surface area contributed by atoms with Crippen LogP contribution in [-0.4, -0.2) is 28.6 Å². The molecule has 2 N–H and O–H groups in total. The summed E-state index contributed by atoms with van der Waals surface area (Å²) in [5, 5.41) is 15.8. The molecule has 0 aromatic heterocycles. The molecule has 0 atom stereocenters. The molecular formula is C7H14O4. The maximum atomic E-state index is 9.54. The van der Waals surface area contributed by atoms with E-state index in [0.717, 1.165) is 6.92 Å². The number of hydrogen-bond acceptors (Lipinski definition) is 3. The monoisotopic (exact) mass is 162 g/mol. The zero-order chi connectivity index (χ0) is 9.44. The van der Waals surface area contributed by atoms with Crippen molar-refractivity contribution < 1.29 is 19.8 Å². The molecule has 0 spiro atoms. The molecule has 0 aliphatic heterocycles. The summed E-state index contributed by atoms with van der Waals surface area (Å²) in [6, 6.07) is 0. The summed E-state index contributed by atoms with van der Waals surface area (Å²) < 4.78 is 0. The van der Waals surface area contributed by atoms with Gasteiger partial charge in [0.15, 0.2) is 0 Å². The van der Waals surface area contributed by atoms with Gasteiger partial charge in [-0.15, -0.1) is 0 Å². The van der Waals surface area contributed by atoms with Crippen LogP contribution in [0.4, 0.5) is 0 Å². The number of aliphatic hydroxyl groups excluding tert-OH is 1. The molecule has 0 aromatic carbocycles. The summed E-state index contributed by atoms with van der Waals surface area (Å²) in [7, 11) is 0. The van der Waals surface area contributed by atoms with Crippen molar-refractivity contribution in [3.05, 3.63) is 0 Å². The summed E-state index contributed by atoms with van der Waals surface area (Å²) in [6.07, 6.45) is 0. The Morgan fingerprint density at radius 2 is 1.55 bits per heavy atom. The Bertz CT molecular complexity index is 116. The predicted molar refractivity (Wildman–Crippen MR) is 40.2 cm³/mol. The maximum absolute atomic E-state index is 9.54. The molecule has 0 bridgehead atoms. The van der Waals surface area contributed by atoms with Gasteiger partial charge < -0.3 is 10.2 Å². The van der Waals surface area contributed by atoms with Crippen molar-refractivity contribution in [3.8, 4) is 0 Å². The molecule has 4 nitrogen and oxygen atoms in total. The molecule has 0 unspecified atom stereocenters. The Balaban J connectivity index is 0. The van der Waals surface area contributed by atoms with E-state index in [9.17, 15) is 9.59 Å². The molecule has 0 saturated carbocycles. The SMILES string of the molecule is CC(=O)C(=O)O.CC(C)CO. The summed E-state index contributed by atoms with van der Waals surface area (Å²) in [5.41, 5.74) is 0. The predicted octanol–water partition coefficient (Wildman–Crippen LogP) is 0.295. The Morgan fingerprint density at radius 1 is 1.36 bits per heavy atom. The number of carbonyl (C=O) groups excluding carboxylic acids is 1. The number of carboxylic acids is 1. The van der Waals surface area contributed by atoms with Crippen molar-refractivity contribution in [3.63, 3.8) is 0 Å². The fourth-order valence-corrected chi connectivity index (χ4v) is 0. The highest BCUT2D eigenvalue weighted by atomic mass is 16.4. The van der Waals surface area contributed by atoms with Crippen LogP contribution in [0.15, 0.2) is 0 Å². The number of hydrogen-bond donors (Lipinski definition) is 2. The molecule has 0 aliphatic carbocycles. The van der Waals surface area contributed by atoms with E-state index >= 15 is 0 Å². The number of Topliss-reactive ketones (excluding diaryl/α,β-unsaturated/α-hetero) is 1. The lowest BCUT2D eigenvalue weighted by Crippen LogP contribution is -2.05. The van der Waals surface area contributed by atoms with Crippen molar-refractivity contribution >= 4 is 11.8 Å². The molecule has 0 amide bonds. The van der Waals surface area contributed by atoms with Gasteiger partial charge in [0.05, 0.1) is 0 Å². The van der Waals surface area contributed by atoms with Gasteiger partial charge in [0.25, 0.3) is 0 Å². The van der Waals surface area contributed by atoms with Gasteiger partial charge in [-0.3, -0.25) is 4.79 Å². The van der Waals surface area contributed by atoms with Crippen LogP contribution in [0, 0.1) is 5.92 Å². The fourth-order valence-electron chi connectivity index (χ4n) is 0. The third kappa shape index (κ3) is 17.6. The van der Waals surface area contributed by atoms with Crippen molar-refractivity contribution in [2.24, 2.45) is 5.92 Å². The van der Waals surface area contributed by atoms with Crippen LogP contribution in [0.3, 0.4) is 0 Å². The highest BCUT2D eigenvalue weighted by molar-refractivity contribution is 6.31. The highest BCUT2D eigenvalue weighted by Crippen LogP contribution is 1.83. The number of ketones is 1. The van der Waals surface area contributed by atoms with E-state index in [1.54, 1.807) is 0 Å². The second kappa shape index (κ2) is 7.21. The highest BCUT2D eigenvalue weighted by Gasteiger charge is 1.98. The van der Waals surface area contributed by atoms with Gasteiger partial charge in [-0.1, -0.05) is 13.8 Å². The summed E-state index contributed by atoms with van der Waals surface area (Å²) >= 11 is 0. The van der Waals surface area contributed by atoms with Crippen LogP contribution in [0.1, 0.15) is 20.8 Å².